The van der Waals surface area contributed by atoms with Crippen molar-refractivity contribution >= 4 is 0 Å². The van der Waals surface area contributed by atoms with E-state index in [1.165, 1.54) is 7.11 Å². The number of hydrogen-bond acceptors (Lipinski definition) is 4. The van der Waals surface area contributed by atoms with Crippen molar-refractivity contribution in [3.05, 3.63) is 5.82 Å². The summed E-state index contributed by atoms with van der Waals surface area (Å²) in [6.07, 6.45) is 0. The van der Waals surface area contributed by atoms with E-state index in [0.717, 1.165) is 0 Å². The zero-order valence-corrected chi connectivity index (χ0v) is 6.61. The fraction of sp³-hybridized carbons (Fsp3) is 0.667. The first-order valence-corrected chi connectivity index (χ1v) is 3.40. The Morgan fingerprint density at radius 3 is 2.73 bits per heavy atom. The molecule has 0 unspecified atom stereocenters. The highest BCUT2D eigenvalue weighted by atomic mass is 16.5. The van der Waals surface area contributed by atoms with Crippen LogP contribution in [0.2, 0.25) is 0 Å². The van der Waals surface area contributed by atoms with E-state index in [1.54, 1.807) is 4.57 Å². The molecule has 0 saturated carbocycles. The van der Waals surface area contributed by atoms with Gasteiger partial charge in [0.05, 0.1) is 7.11 Å². The summed E-state index contributed by atoms with van der Waals surface area (Å²) in [5.74, 6) is 0.532. The van der Waals surface area contributed by atoms with Crippen molar-refractivity contribution in [2.75, 3.05) is 7.11 Å². The normalized spacial score (nSPS) is 10.1. The van der Waals surface area contributed by atoms with Crippen LogP contribution in [0.4, 0.5) is 0 Å². The first-order chi connectivity index (χ1) is 5.33. The average Bonchev–Trinajstić information content (AvgIpc) is 2.45. The Hall–Kier alpha value is -1.10. The zero-order valence-electron chi connectivity index (χ0n) is 6.61. The molecule has 5 nitrogen and oxygen atoms in total. The Balaban J connectivity index is 2.99. The van der Waals surface area contributed by atoms with Crippen LogP contribution in [-0.4, -0.2) is 27.0 Å². The summed E-state index contributed by atoms with van der Waals surface area (Å²) >= 11 is 0. The number of hydrogen-bond donors (Lipinski definition) is 1. The van der Waals surface area contributed by atoms with Crippen molar-refractivity contribution in [3.63, 3.8) is 0 Å². The summed E-state index contributed by atoms with van der Waals surface area (Å²) in [6, 6.07) is 0.441. The Bertz CT molecular complexity index is 212. The van der Waals surface area contributed by atoms with E-state index in [-0.39, 0.29) is 6.61 Å². The summed E-state index contributed by atoms with van der Waals surface area (Å²) in [7, 11) is 1.53. The first kappa shape index (κ1) is 8.00. The van der Waals surface area contributed by atoms with Gasteiger partial charge in [-0.2, -0.15) is 0 Å². The molecule has 0 fully saturated rings. The fourth-order valence-corrected chi connectivity index (χ4v) is 0.905. The van der Waals surface area contributed by atoms with Crippen molar-refractivity contribution in [3.8, 4) is 6.01 Å². The lowest BCUT2D eigenvalue weighted by atomic mass is 10.6. The third-order valence-corrected chi connectivity index (χ3v) is 1.43. The van der Waals surface area contributed by atoms with Crippen LogP contribution >= 0.6 is 0 Å². The quantitative estimate of drug-likeness (QED) is 0.660. The van der Waals surface area contributed by atoms with E-state index < -0.39 is 0 Å². The molecule has 0 aliphatic rings. The van der Waals surface area contributed by atoms with Crippen LogP contribution in [0.5, 0.6) is 6.01 Å². The molecule has 1 aromatic heterocycles. The molecule has 1 N–H and O–H groups in total. The summed E-state index contributed by atoms with van der Waals surface area (Å²) in [6.45, 7) is 2.53. The van der Waals surface area contributed by atoms with Crippen LogP contribution in [0.1, 0.15) is 12.7 Å². The number of methoxy groups -OCH3 is 1. The second-order valence-corrected chi connectivity index (χ2v) is 2.01. The van der Waals surface area contributed by atoms with Crippen molar-refractivity contribution in [1.29, 1.82) is 0 Å². The van der Waals surface area contributed by atoms with Crippen LogP contribution in [0.25, 0.3) is 0 Å². The van der Waals surface area contributed by atoms with Crippen LogP contribution in [0.15, 0.2) is 0 Å². The Morgan fingerprint density at radius 2 is 2.27 bits per heavy atom. The van der Waals surface area contributed by atoms with E-state index >= 15 is 0 Å². The second kappa shape index (κ2) is 3.34. The molecule has 1 heterocycles. The monoisotopic (exact) mass is 157 g/mol. The molecule has 1 rings (SSSR count). The molecule has 0 spiro atoms. The third-order valence-electron chi connectivity index (χ3n) is 1.43. The van der Waals surface area contributed by atoms with Gasteiger partial charge in [0.2, 0.25) is 0 Å². The Kier molecular flexibility index (Phi) is 2.43. The maximum Gasteiger partial charge on any atom is 0.316 e. The molecule has 0 aliphatic heterocycles. The molecular formula is C6H11N3O2. The van der Waals surface area contributed by atoms with Crippen LogP contribution in [0.3, 0.4) is 0 Å². The van der Waals surface area contributed by atoms with Gasteiger partial charge in [0.1, 0.15) is 6.61 Å². The Morgan fingerprint density at radius 1 is 1.55 bits per heavy atom. The average molecular weight is 157 g/mol. The van der Waals surface area contributed by atoms with Crippen molar-refractivity contribution in [2.45, 2.75) is 20.1 Å². The molecule has 0 aliphatic carbocycles. The number of rotatable bonds is 3. The smallest absolute Gasteiger partial charge is 0.316 e. The zero-order chi connectivity index (χ0) is 8.27. The van der Waals surface area contributed by atoms with Gasteiger partial charge in [0.25, 0.3) is 0 Å². The van der Waals surface area contributed by atoms with Crippen molar-refractivity contribution < 1.29 is 9.84 Å². The molecule has 0 saturated heterocycles. The van der Waals surface area contributed by atoms with E-state index in [4.69, 9.17) is 9.84 Å². The minimum atomic E-state index is -0.107. The number of aliphatic hydroxyl groups is 1. The molecule has 0 bridgehead atoms. The van der Waals surface area contributed by atoms with E-state index in [2.05, 4.69) is 10.2 Å². The third kappa shape index (κ3) is 1.32. The van der Waals surface area contributed by atoms with E-state index in [1.807, 2.05) is 6.92 Å². The van der Waals surface area contributed by atoms with Gasteiger partial charge in [0.15, 0.2) is 5.82 Å². The number of aliphatic hydroxyl groups excluding tert-OH is 1. The van der Waals surface area contributed by atoms with Gasteiger partial charge in [-0.3, -0.25) is 4.57 Å². The summed E-state index contributed by atoms with van der Waals surface area (Å²) in [5, 5.41) is 16.2. The lowest BCUT2D eigenvalue weighted by Crippen LogP contribution is -2.03. The number of ether oxygens (including phenoxy) is 1. The molecule has 62 valence electrons. The summed E-state index contributed by atoms with van der Waals surface area (Å²) in [5.41, 5.74) is 0. The van der Waals surface area contributed by atoms with Gasteiger partial charge < -0.3 is 9.84 Å². The lowest BCUT2D eigenvalue weighted by molar-refractivity contribution is 0.261. The molecule has 5 heteroatoms. The predicted octanol–water partition coefficient (Wildman–Crippen LogP) is -0.201. The van der Waals surface area contributed by atoms with Crippen LogP contribution in [0, 0.1) is 0 Å². The number of nitrogens with zero attached hydrogens (tertiary/aromatic N) is 3. The van der Waals surface area contributed by atoms with Gasteiger partial charge in [-0.25, -0.2) is 0 Å². The van der Waals surface area contributed by atoms with Crippen LogP contribution < -0.4 is 4.74 Å². The van der Waals surface area contributed by atoms with Crippen LogP contribution in [-0.2, 0) is 13.2 Å². The summed E-state index contributed by atoms with van der Waals surface area (Å²) < 4.78 is 6.61. The minimum Gasteiger partial charge on any atom is -0.467 e. The highest BCUT2D eigenvalue weighted by molar-refractivity contribution is 4.99. The predicted molar refractivity (Wildman–Crippen MR) is 38.2 cm³/mol. The highest BCUT2D eigenvalue weighted by Crippen LogP contribution is 2.08. The molecule has 0 atom stereocenters. The van der Waals surface area contributed by atoms with Gasteiger partial charge in [-0.05, 0) is 6.92 Å². The topological polar surface area (TPSA) is 60.2 Å². The first-order valence-electron chi connectivity index (χ1n) is 3.40. The van der Waals surface area contributed by atoms with E-state index in [9.17, 15) is 0 Å². The SMILES string of the molecule is CCn1c(CO)nnc1OC. The largest absolute Gasteiger partial charge is 0.467 e. The number of aromatic nitrogens is 3. The van der Waals surface area contributed by atoms with E-state index in [0.29, 0.717) is 18.4 Å². The van der Waals surface area contributed by atoms with Crippen molar-refractivity contribution in [2.24, 2.45) is 0 Å². The molecule has 0 radical (unpaired) electrons. The van der Waals surface area contributed by atoms with Crippen molar-refractivity contribution in [1.82, 2.24) is 14.8 Å². The van der Waals surface area contributed by atoms with Gasteiger partial charge in [0, 0.05) is 6.54 Å². The minimum absolute atomic E-state index is 0.107. The maximum absolute atomic E-state index is 8.78. The standard InChI is InChI=1S/C6H11N3O2/c1-3-9-5(4-10)7-8-6(9)11-2/h10H,3-4H2,1-2H3. The molecule has 0 aromatic carbocycles. The summed E-state index contributed by atoms with van der Waals surface area (Å²) in [4.78, 5) is 0. The highest BCUT2D eigenvalue weighted by Gasteiger charge is 2.08. The Labute approximate surface area is 64.6 Å². The molecular weight excluding hydrogens is 146 g/mol. The second-order valence-electron chi connectivity index (χ2n) is 2.01. The van der Waals surface area contributed by atoms with Gasteiger partial charge >= 0.3 is 6.01 Å². The lowest BCUT2D eigenvalue weighted by Gasteiger charge is -2.02. The van der Waals surface area contributed by atoms with Gasteiger partial charge in [-0.1, -0.05) is 5.10 Å². The molecule has 0 amide bonds. The van der Waals surface area contributed by atoms with Gasteiger partial charge in [-0.15, -0.1) is 5.10 Å². The molecule has 1 aromatic rings. The maximum atomic E-state index is 8.78. The fourth-order valence-electron chi connectivity index (χ4n) is 0.905. The molecule has 11 heavy (non-hydrogen) atoms.